The minimum Gasteiger partial charge on any atom is -0.388 e. The molecule has 0 aromatic rings. The molecule has 3 atom stereocenters. The number of amides is 1. The number of aliphatic hydroxyl groups excluding tert-OH is 2. The molecule has 4 nitrogen and oxygen atoms in total. The van der Waals surface area contributed by atoms with Crippen molar-refractivity contribution in [2.24, 2.45) is 0 Å². The van der Waals surface area contributed by atoms with Crippen LogP contribution in [-0.4, -0.2) is 56.8 Å². The first-order valence-electron chi connectivity index (χ1n) is 5.32. The Morgan fingerprint density at radius 1 is 1.40 bits per heavy atom. The summed E-state index contributed by atoms with van der Waals surface area (Å²) in [4.78, 5) is 13.7. The fourth-order valence-corrected chi connectivity index (χ4v) is 3.50. The highest BCUT2D eigenvalue weighted by Gasteiger charge is 2.43. The van der Waals surface area contributed by atoms with E-state index in [1.807, 2.05) is 6.92 Å². The van der Waals surface area contributed by atoms with Gasteiger partial charge < -0.3 is 15.1 Å². The average Bonchev–Trinajstić information content (AvgIpc) is 2.75. The first-order chi connectivity index (χ1) is 7.03. The molecule has 0 bridgehead atoms. The third-order valence-corrected chi connectivity index (χ3v) is 4.73. The minimum atomic E-state index is -0.774. The highest BCUT2D eigenvalue weighted by molar-refractivity contribution is 8.01. The molecule has 0 aromatic carbocycles. The standard InChI is InChI=1S/C10H17NO3S/c1-10(3-2-4-15-10)9(14)11-5-7(12)8(13)6-11/h7-8,12-13H,2-6H2,1H3. The molecule has 1 amide bonds. The average molecular weight is 231 g/mol. The molecule has 2 heterocycles. The minimum absolute atomic E-state index is 0.0700. The van der Waals surface area contributed by atoms with E-state index in [9.17, 15) is 15.0 Å². The zero-order chi connectivity index (χ0) is 11.1. The number of carbonyl (C=O) groups excluding carboxylic acids is 1. The number of carbonyl (C=O) groups is 1. The van der Waals surface area contributed by atoms with E-state index < -0.39 is 12.2 Å². The zero-order valence-corrected chi connectivity index (χ0v) is 9.66. The lowest BCUT2D eigenvalue weighted by molar-refractivity contribution is -0.132. The lowest BCUT2D eigenvalue weighted by Gasteiger charge is -2.27. The van der Waals surface area contributed by atoms with Crippen LogP contribution in [0.4, 0.5) is 0 Å². The van der Waals surface area contributed by atoms with Gasteiger partial charge in [-0.1, -0.05) is 0 Å². The third-order valence-electron chi connectivity index (χ3n) is 3.22. The molecular weight excluding hydrogens is 214 g/mol. The van der Waals surface area contributed by atoms with Crippen molar-refractivity contribution < 1.29 is 15.0 Å². The van der Waals surface area contributed by atoms with Crippen molar-refractivity contribution in [2.45, 2.75) is 36.7 Å². The maximum Gasteiger partial charge on any atom is 0.238 e. The van der Waals surface area contributed by atoms with Crippen LogP contribution in [0.2, 0.25) is 0 Å². The molecule has 0 radical (unpaired) electrons. The van der Waals surface area contributed by atoms with E-state index in [0.717, 1.165) is 18.6 Å². The molecule has 0 aliphatic carbocycles. The number of nitrogens with zero attached hydrogens (tertiary/aromatic N) is 1. The molecule has 86 valence electrons. The summed E-state index contributed by atoms with van der Waals surface area (Å²) in [6, 6.07) is 0. The van der Waals surface area contributed by atoms with Crippen LogP contribution in [0.5, 0.6) is 0 Å². The maximum atomic E-state index is 12.1. The molecule has 0 aromatic heterocycles. The molecule has 15 heavy (non-hydrogen) atoms. The van der Waals surface area contributed by atoms with E-state index in [2.05, 4.69) is 0 Å². The molecule has 0 saturated carbocycles. The lowest BCUT2D eigenvalue weighted by atomic mass is 10.0. The number of aliphatic hydroxyl groups is 2. The maximum absolute atomic E-state index is 12.1. The van der Waals surface area contributed by atoms with Crippen molar-refractivity contribution in [3.05, 3.63) is 0 Å². The molecule has 2 aliphatic heterocycles. The quantitative estimate of drug-likeness (QED) is 0.658. The van der Waals surface area contributed by atoms with E-state index in [-0.39, 0.29) is 23.7 Å². The molecule has 2 fully saturated rings. The lowest BCUT2D eigenvalue weighted by Crippen LogP contribution is -2.43. The Hall–Kier alpha value is -0.260. The van der Waals surface area contributed by atoms with Gasteiger partial charge in [0.1, 0.15) is 0 Å². The summed E-state index contributed by atoms with van der Waals surface area (Å²) >= 11 is 1.69. The Morgan fingerprint density at radius 3 is 2.47 bits per heavy atom. The summed E-state index contributed by atoms with van der Waals surface area (Å²) in [5.41, 5.74) is 0. The zero-order valence-electron chi connectivity index (χ0n) is 8.85. The second-order valence-electron chi connectivity index (χ2n) is 4.53. The van der Waals surface area contributed by atoms with Gasteiger partial charge in [0, 0.05) is 13.1 Å². The van der Waals surface area contributed by atoms with Gasteiger partial charge >= 0.3 is 0 Å². The number of likely N-dealkylation sites (tertiary alicyclic amines) is 1. The van der Waals surface area contributed by atoms with Gasteiger partial charge in [0.25, 0.3) is 0 Å². The second kappa shape index (κ2) is 3.96. The second-order valence-corrected chi connectivity index (χ2v) is 6.13. The number of hydrogen-bond acceptors (Lipinski definition) is 4. The predicted molar refractivity (Wildman–Crippen MR) is 58.7 cm³/mol. The van der Waals surface area contributed by atoms with Crippen LogP contribution in [0, 0.1) is 0 Å². The first kappa shape index (κ1) is 11.2. The van der Waals surface area contributed by atoms with Gasteiger partial charge in [0.2, 0.25) is 5.91 Å². The molecule has 2 saturated heterocycles. The summed E-state index contributed by atoms with van der Waals surface area (Å²) in [5.74, 6) is 1.10. The third kappa shape index (κ3) is 2.00. The number of thioether (sulfide) groups is 1. The summed E-state index contributed by atoms with van der Waals surface area (Å²) in [6.45, 7) is 2.51. The monoisotopic (exact) mass is 231 g/mol. The Balaban J connectivity index is 2.02. The van der Waals surface area contributed by atoms with Crippen molar-refractivity contribution in [3.63, 3.8) is 0 Å². The van der Waals surface area contributed by atoms with Gasteiger partial charge in [-0.25, -0.2) is 0 Å². The number of rotatable bonds is 1. The molecule has 2 rings (SSSR count). The van der Waals surface area contributed by atoms with Crippen molar-refractivity contribution in [1.29, 1.82) is 0 Å². The van der Waals surface area contributed by atoms with Crippen molar-refractivity contribution in [3.8, 4) is 0 Å². The highest BCUT2D eigenvalue weighted by atomic mass is 32.2. The van der Waals surface area contributed by atoms with Gasteiger partial charge in [-0.3, -0.25) is 4.79 Å². The first-order valence-corrected chi connectivity index (χ1v) is 6.31. The summed E-state index contributed by atoms with van der Waals surface area (Å²) in [7, 11) is 0. The smallest absolute Gasteiger partial charge is 0.238 e. The van der Waals surface area contributed by atoms with Crippen LogP contribution in [0.25, 0.3) is 0 Å². The molecular formula is C10H17NO3S. The SMILES string of the molecule is CC1(C(=O)N2CC(O)C(O)C2)CCCS1. The summed E-state index contributed by atoms with van der Waals surface area (Å²) in [6.07, 6.45) is 0.429. The Morgan fingerprint density at radius 2 is 2.00 bits per heavy atom. The van der Waals surface area contributed by atoms with Gasteiger partial charge in [0.05, 0.1) is 17.0 Å². The van der Waals surface area contributed by atoms with Crippen LogP contribution in [-0.2, 0) is 4.79 Å². The normalized spacial score (nSPS) is 41.1. The van der Waals surface area contributed by atoms with Gasteiger partial charge in [-0.2, -0.15) is 0 Å². The van der Waals surface area contributed by atoms with Crippen LogP contribution in [0.15, 0.2) is 0 Å². The highest BCUT2D eigenvalue weighted by Crippen LogP contribution is 2.39. The fourth-order valence-electron chi connectivity index (χ4n) is 2.22. The number of β-amino-alcohol motifs (C(OH)–C–C–N with tert-alkyl or cyclic N) is 2. The molecule has 2 N–H and O–H groups in total. The van der Waals surface area contributed by atoms with E-state index in [1.165, 1.54) is 0 Å². The van der Waals surface area contributed by atoms with Crippen LogP contribution >= 0.6 is 11.8 Å². The van der Waals surface area contributed by atoms with Gasteiger partial charge in [0.15, 0.2) is 0 Å². The van der Waals surface area contributed by atoms with Crippen molar-refractivity contribution >= 4 is 17.7 Å². The van der Waals surface area contributed by atoms with Gasteiger partial charge in [-0.15, -0.1) is 11.8 Å². The number of hydrogen-bond donors (Lipinski definition) is 2. The van der Waals surface area contributed by atoms with E-state index in [1.54, 1.807) is 16.7 Å². The Kier molecular flexibility index (Phi) is 2.96. The van der Waals surface area contributed by atoms with E-state index in [0.29, 0.717) is 0 Å². The Bertz CT molecular complexity index is 255. The van der Waals surface area contributed by atoms with Crippen molar-refractivity contribution in [1.82, 2.24) is 4.90 Å². The van der Waals surface area contributed by atoms with Gasteiger partial charge in [-0.05, 0) is 25.5 Å². The fraction of sp³-hybridized carbons (Fsp3) is 0.900. The largest absolute Gasteiger partial charge is 0.388 e. The summed E-state index contributed by atoms with van der Waals surface area (Å²) < 4.78 is -0.330. The summed E-state index contributed by atoms with van der Waals surface area (Å²) in [5, 5.41) is 18.8. The van der Waals surface area contributed by atoms with Crippen molar-refractivity contribution in [2.75, 3.05) is 18.8 Å². The van der Waals surface area contributed by atoms with E-state index in [4.69, 9.17) is 0 Å². The molecule has 5 heteroatoms. The van der Waals surface area contributed by atoms with Crippen LogP contribution in [0.3, 0.4) is 0 Å². The molecule has 3 unspecified atom stereocenters. The molecule has 0 spiro atoms. The Labute approximate surface area is 93.6 Å². The molecule has 2 aliphatic rings. The predicted octanol–water partition coefficient (Wildman–Crippen LogP) is -0.164. The van der Waals surface area contributed by atoms with E-state index >= 15 is 0 Å². The van der Waals surface area contributed by atoms with Crippen LogP contribution in [0.1, 0.15) is 19.8 Å². The van der Waals surface area contributed by atoms with Crippen LogP contribution < -0.4 is 0 Å². The topological polar surface area (TPSA) is 60.8 Å².